The number of benzene rings is 1. The van der Waals surface area contributed by atoms with Gasteiger partial charge in [0.2, 0.25) is 0 Å². The number of urea groups is 1. The molecule has 3 amide bonds. The van der Waals surface area contributed by atoms with Crippen LogP contribution in [0.5, 0.6) is 0 Å². The molecule has 2 aliphatic rings. The van der Waals surface area contributed by atoms with Gasteiger partial charge in [0.05, 0.1) is 0 Å². The van der Waals surface area contributed by atoms with Gasteiger partial charge in [-0.1, -0.05) is 69.3 Å². The highest BCUT2D eigenvalue weighted by Crippen LogP contribution is 2.48. The third-order valence-electron chi connectivity index (χ3n) is 4.85. The molecule has 0 aromatic heterocycles. The van der Waals surface area contributed by atoms with Crippen LogP contribution >= 0.6 is 0 Å². The van der Waals surface area contributed by atoms with Crippen LogP contribution in [0.15, 0.2) is 60.3 Å². The normalized spacial score (nSPS) is 25.5. The molecular formula is C20H22N2O2. The number of imide groups is 1. The molecule has 24 heavy (non-hydrogen) atoms. The summed E-state index contributed by atoms with van der Waals surface area (Å²) in [5, 5.41) is 4.86. The van der Waals surface area contributed by atoms with Gasteiger partial charge in [0, 0.05) is 5.41 Å². The van der Waals surface area contributed by atoms with Gasteiger partial charge < -0.3 is 5.32 Å². The number of hydrogen-bond acceptors (Lipinski definition) is 2. The smallest absolute Gasteiger partial charge is 0.303 e. The topological polar surface area (TPSA) is 58.2 Å². The fourth-order valence-electron chi connectivity index (χ4n) is 3.12. The molecule has 1 aliphatic carbocycles. The molecule has 0 spiro atoms. The van der Waals surface area contributed by atoms with E-state index >= 15 is 0 Å². The quantitative estimate of drug-likeness (QED) is 0.643. The third kappa shape index (κ3) is 2.92. The lowest BCUT2D eigenvalue weighted by molar-refractivity contribution is -0.115. The van der Waals surface area contributed by atoms with Gasteiger partial charge in [0.25, 0.3) is 5.91 Å². The van der Waals surface area contributed by atoms with E-state index < -0.39 is 6.03 Å². The standard InChI is InChI=1S/C20H22N2O2/c1-19(2,3)20(13-16-17(23)22-18(24)21-16)11-9-15(10-12-20)14-7-5-4-6-8-14/h4-11,13H,12H2,1-3H3,(H2,21,22,23,24)/b16-13-. The zero-order valence-electron chi connectivity index (χ0n) is 14.2. The Balaban J connectivity index is 1.96. The molecule has 2 N–H and O–H groups in total. The van der Waals surface area contributed by atoms with E-state index in [9.17, 15) is 9.59 Å². The van der Waals surface area contributed by atoms with Crippen molar-refractivity contribution in [3.8, 4) is 0 Å². The largest absolute Gasteiger partial charge is 0.326 e. The maximum atomic E-state index is 11.9. The number of allylic oxidation sites excluding steroid dienone is 5. The molecule has 1 heterocycles. The molecule has 1 aromatic carbocycles. The summed E-state index contributed by atoms with van der Waals surface area (Å²) in [7, 11) is 0. The molecule has 1 aliphatic heterocycles. The molecule has 4 heteroatoms. The average Bonchev–Trinajstić information content (AvgIpc) is 2.85. The second-order valence-corrected chi connectivity index (χ2v) is 7.32. The first-order chi connectivity index (χ1) is 11.3. The highest BCUT2D eigenvalue weighted by atomic mass is 16.2. The fraction of sp³-hybridized carbons (Fsp3) is 0.300. The summed E-state index contributed by atoms with van der Waals surface area (Å²) in [6.45, 7) is 6.43. The minimum atomic E-state index is -0.462. The van der Waals surface area contributed by atoms with Crippen LogP contribution in [0.4, 0.5) is 4.79 Å². The Kier molecular flexibility index (Phi) is 3.91. The molecule has 0 saturated carbocycles. The summed E-state index contributed by atoms with van der Waals surface area (Å²) in [6, 6.07) is 9.76. The summed E-state index contributed by atoms with van der Waals surface area (Å²) < 4.78 is 0. The van der Waals surface area contributed by atoms with Crippen molar-refractivity contribution in [2.75, 3.05) is 0 Å². The summed E-state index contributed by atoms with van der Waals surface area (Å²) in [4.78, 5) is 23.3. The van der Waals surface area contributed by atoms with Crippen LogP contribution < -0.4 is 10.6 Å². The van der Waals surface area contributed by atoms with Crippen molar-refractivity contribution in [1.29, 1.82) is 0 Å². The lowest BCUT2D eigenvalue weighted by Crippen LogP contribution is -2.34. The highest BCUT2D eigenvalue weighted by Gasteiger charge is 2.40. The minimum Gasteiger partial charge on any atom is -0.303 e. The number of nitrogens with one attached hydrogen (secondary N) is 2. The van der Waals surface area contributed by atoms with Crippen LogP contribution in [0, 0.1) is 10.8 Å². The molecule has 1 atom stereocenters. The molecule has 1 fully saturated rings. The van der Waals surface area contributed by atoms with Crippen molar-refractivity contribution >= 4 is 17.5 Å². The first kappa shape index (κ1) is 16.2. The van der Waals surface area contributed by atoms with Crippen LogP contribution in [-0.4, -0.2) is 11.9 Å². The Morgan fingerprint density at radius 1 is 1.08 bits per heavy atom. The monoisotopic (exact) mass is 322 g/mol. The van der Waals surface area contributed by atoms with Crippen molar-refractivity contribution in [2.24, 2.45) is 10.8 Å². The molecular weight excluding hydrogens is 300 g/mol. The Morgan fingerprint density at radius 2 is 1.79 bits per heavy atom. The Hall–Kier alpha value is -2.62. The van der Waals surface area contributed by atoms with Crippen LogP contribution in [-0.2, 0) is 4.79 Å². The maximum Gasteiger partial charge on any atom is 0.326 e. The molecule has 124 valence electrons. The van der Waals surface area contributed by atoms with Crippen LogP contribution in [0.1, 0.15) is 32.8 Å². The van der Waals surface area contributed by atoms with Crippen molar-refractivity contribution in [3.05, 3.63) is 65.9 Å². The van der Waals surface area contributed by atoms with E-state index in [0.717, 1.165) is 6.42 Å². The van der Waals surface area contributed by atoms with Gasteiger partial charge >= 0.3 is 6.03 Å². The number of amides is 3. The minimum absolute atomic E-state index is 0.108. The predicted molar refractivity (Wildman–Crippen MR) is 94.8 cm³/mol. The van der Waals surface area contributed by atoms with Gasteiger partial charge in [-0.25, -0.2) is 4.79 Å². The third-order valence-corrected chi connectivity index (χ3v) is 4.85. The van der Waals surface area contributed by atoms with Crippen molar-refractivity contribution < 1.29 is 9.59 Å². The molecule has 0 bridgehead atoms. The van der Waals surface area contributed by atoms with E-state index in [0.29, 0.717) is 5.70 Å². The Labute approximate surface area is 142 Å². The molecule has 3 rings (SSSR count). The molecule has 4 nitrogen and oxygen atoms in total. The SMILES string of the molecule is CC(C)(C)C1(/C=C2\NC(=O)NC2=O)C=CC(c2ccccc2)=CC1. The number of rotatable bonds is 2. The second kappa shape index (κ2) is 5.78. The first-order valence-electron chi connectivity index (χ1n) is 8.11. The first-order valence-corrected chi connectivity index (χ1v) is 8.11. The summed E-state index contributed by atoms with van der Waals surface area (Å²) >= 11 is 0. The average molecular weight is 322 g/mol. The molecule has 1 unspecified atom stereocenters. The molecule has 1 aromatic rings. The van der Waals surface area contributed by atoms with Gasteiger partial charge in [-0.2, -0.15) is 0 Å². The maximum absolute atomic E-state index is 11.9. The summed E-state index contributed by atoms with van der Waals surface area (Å²) in [5.74, 6) is -0.366. The predicted octanol–water partition coefficient (Wildman–Crippen LogP) is 3.79. The zero-order chi connectivity index (χ0) is 17.4. The number of carbonyl (C=O) groups excluding carboxylic acids is 2. The van der Waals surface area contributed by atoms with Crippen molar-refractivity contribution in [1.82, 2.24) is 10.6 Å². The van der Waals surface area contributed by atoms with E-state index in [-0.39, 0.29) is 16.7 Å². The van der Waals surface area contributed by atoms with Crippen molar-refractivity contribution in [3.63, 3.8) is 0 Å². The van der Waals surface area contributed by atoms with E-state index in [1.165, 1.54) is 11.1 Å². The lowest BCUT2D eigenvalue weighted by atomic mass is 9.62. The molecule has 1 saturated heterocycles. The molecule has 0 radical (unpaired) electrons. The second-order valence-electron chi connectivity index (χ2n) is 7.32. The Bertz CT molecular complexity index is 767. The highest BCUT2D eigenvalue weighted by molar-refractivity contribution is 6.11. The van der Waals surface area contributed by atoms with E-state index in [2.05, 4.69) is 61.8 Å². The van der Waals surface area contributed by atoms with Crippen LogP contribution in [0.2, 0.25) is 0 Å². The van der Waals surface area contributed by atoms with Gasteiger partial charge in [-0.15, -0.1) is 0 Å². The van der Waals surface area contributed by atoms with Crippen LogP contribution in [0.3, 0.4) is 0 Å². The van der Waals surface area contributed by atoms with Gasteiger partial charge in [-0.3, -0.25) is 10.1 Å². The summed E-state index contributed by atoms with van der Waals surface area (Å²) in [5.41, 5.74) is 2.24. The fourth-order valence-corrected chi connectivity index (χ4v) is 3.12. The lowest BCUT2D eigenvalue weighted by Gasteiger charge is -2.42. The summed E-state index contributed by atoms with van der Waals surface area (Å²) in [6.07, 6.45) is 9.12. The van der Waals surface area contributed by atoms with Gasteiger partial charge in [0.1, 0.15) is 5.70 Å². The van der Waals surface area contributed by atoms with Gasteiger partial charge in [0.15, 0.2) is 0 Å². The number of hydrogen-bond donors (Lipinski definition) is 2. The Morgan fingerprint density at radius 3 is 2.29 bits per heavy atom. The van der Waals surface area contributed by atoms with Gasteiger partial charge in [-0.05, 0) is 29.0 Å². The van der Waals surface area contributed by atoms with Crippen molar-refractivity contribution in [2.45, 2.75) is 27.2 Å². The zero-order valence-corrected chi connectivity index (χ0v) is 14.2. The van der Waals surface area contributed by atoms with E-state index in [1.807, 2.05) is 24.3 Å². The van der Waals surface area contributed by atoms with Crippen LogP contribution in [0.25, 0.3) is 5.57 Å². The number of carbonyl (C=O) groups is 2. The van der Waals surface area contributed by atoms with E-state index in [4.69, 9.17) is 0 Å². The van der Waals surface area contributed by atoms with E-state index in [1.54, 1.807) is 0 Å².